The highest BCUT2D eigenvalue weighted by Gasteiger charge is 2.29. The number of anilines is 1. The maximum atomic E-state index is 11.7. The minimum atomic E-state index is -3.20. The number of pyridine rings is 1. The van der Waals surface area contributed by atoms with Crippen molar-refractivity contribution < 1.29 is 18.3 Å². The van der Waals surface area contributed by atoms with Gasteiger partial charge in [-0.05, 0) is 44.7 Å². The Morgan fingerprint density at radius 3 is 2.69 bits per heavy atom. The molecule has 0 radical (unpaired) electrons. The van der Waals surface area contributed by atoms with Gasteiger partial charge in [-0.1, -0.05) is 0 Å². The van der Waals surface area contributed by atoms with Crippen LogP contribution in [0.4, 0.5) is 5.69 Å². The Balaban J connectivity index is 1.80. The SMILES string of the molecule is CNS(=O)(=O)C[C@H]1CC[C@H](N(C)c2c(C(=O)O)cnc3[nH]ccc23)CC1. The van der Waals surface area contributed by atoms with Crippen LogP contribution in [0.15, 0.2) is 18.5 Å². The van der Waals surface area contributed by atoms with Crippen LogP contribution in [0.25, 0.3) is 11.0 Å². The van der Waals surface area contributed by atoms with E-state index in [0.29, 0.717) is 11.3 Å². The fourth-order valence-corrected chi connectivity index (χ4v) is 4.93. The lowest BCUT2D eigenvalue weighted by Crippen LogP contribution is -2.38. The highest BCUT2D eigenvalue weighted by Crippen LogP contribution is 2.35. The van der Waals surface area contributed by atoms with Crippen molar-refractivity contribution in [1.82, 2.24) is 14.7 Å². The molecule has 2 heterocycles. The number of nitrogens with zero attached hydrogens (tertiary/aromatic N) is 2. The van der Waals surface area contributed by atoms with E-state index in [1.807, 2.05) is 18.0 Å². The van der Waals surface area contributed by atoms with E-state index >= 15 is 0 Å². The summed E-state index contributed by atoms with van der Waals surface area (Å²) in [4.78, 5) is 20.9. The predicted molar refractivity (Wildman–Crippen MR) is 100 cm³/mol. The summed E-state index contributed by atoms with van der Waals surface area (Å²) >= 11 is 0. The van der Waals surface area contributed by atoms with Crippen LogP contribution in [-0.4, -0.2) is 55.4 Å². The smallest absolute Gasteiger partial charge is 0.339 e. The normalized spacial score (nSPS) is 21.0. The Bertz CT molecular complexity index is 901. The molecule has 0 spiro atoms. The Morgan fingerprint density at radius 2 is 2.08 bits per heavy atom. The number of nitrogens with one attached hydrogen (secondary N) is 2. The average molecular weight is 380 g/mol. The molecule has 2 aromatic heterocycles. The fourth-order valence-electron chi connectivity index (χ4n) is 3.81. The molecule has 1 fully saturated rings. The Morgan fingerprint density at radius 1 is 1.38 bits per heavy atom. The minimum absolute atomic E-state index is 0.140. The summed E-state index contributed by atoms with van der Waals surface area (Å²) in [6.45, 7) is 0. The number of aromatic carboxylic acids is 1. The van der Waals surface area contributed by atoms with Crippen LogP contribution in [0, 0.1) is 5.92 Å². The minimum Gasteiger partial charge on any atom is -0.478 e. The highest BCUT2D eigenvalue weighted by molar-refractivity contribution is 7.89. The van der Waals surface area contributed by atoms with E-state index in [0.717, 1.165) is 31.1 Å². The maximum absolute atomic E-state index is 11.7. The molecule has 1 aliphatic carbocycles. The molecular formula is C17H24N4O4S. The summed E-state index contributed by atoms with van der Waals surface area (Å²) in [7, 11) is 0.143. The zero-order chi connectivity index (χ0) is 18.9. The number of aromatic nitrogens is 2. The van der Waals surface area contributed by atoms with Crippen LogP contribution < -0.4 is 9.62 Å². The van der Waals surface area contributed by atoms with Crippen LogP contribution in [0.2, 0.25) is 0 Å². The molecule has 1 saturated carbocycles. The van der Waals surface area contributed by atoms with Crippen molar-refractivity contribution in [1.29, 1.82) is 0 Å². The van der Waals surface area contributed by atoms with Gasteiger partial charge in [-0.3, -0.25) is 0 Å². The second kappa shape index (κ2) is 7.24. The topological polar surface area (TPSA) is 115 Å². The number of aromatic amines is 1. The average Bonchev–Trinajstić information content (AvgIpc) is 3.09. The molecule has 9 heteroatoms. The number of sulfonamides is 1. The van der Waals surface area contributed by atoms with E-state index in [4.69, 9.17) is 0 Å². The molecule has 1 aliphatic rings. The number of carboxylic acid groups (broad SMARTS) is 1. The number of hydrogen-bond acceptors (Lipinski definition) is 5. The molecule has 0 bridgehead atoms. The van der Waals surface area contributed by atoms with Gasteiger partial charge in [-0.2, -0.15) is 0 Å². The highest BCUT2D eigenvalue weighted by atomic mass is 32.2. The lowest BCUT2D eigenvalue weighted by Gasteiger charge is -2.36. The lowest BCUT2D eigenvalue weighted by molar-refractivity contribution is 0.0697. The predicted octanol–water partition coefficient (Wildman–Crippen LogP) is 1.81. The molecule has 3 rings (SSSR count). The summed E-state index contributed by atoms with van der Waals surface area (Å²) in [6.07, 6.45) is 6.40. The fraction of sp³-hybridized carbons (Fsp3) is 0.529. The van der Waals surface area contributed by atoms with Crippen LogP contribution in [-0.2, 0) is 10.0 Å². The maximum Gasteiger partial charge on any atom is 0.339 e. The van der Waals surface area contributed by atoms with Crippen molar-refractivity contribution in [3.8, 4) is 0 Å². The number of rotatable bonds is 6. The molecule has 2 aromatic rings. The first kappa shape index (κ1) is 18.7. The quantitative estimate of drug-likeness (QED) is 0.704. The largest absolute Gasteiger partial charge is 0.478 e. The van der Waals surface area contributed by atoms with Crippen LogP contribution in [0.1, 0.15) is 36.0 Å². The van der Waals surface area contributed by atoms with Gasteiger partial charge in [0.05, 0.1) is 11.4 Å². The second-order valence-corrected chi connectivity index (χ2v) is 8.81. The van der Waals surface area contributed by atoms with Crippen LogP contribution >= 0.6 is 0 Å². The van der Waals surface area contributed by atoms with E-state index in [1.165, 1.54) is 13.2 Å². The van der Waals surface area contributed by atoms with Crippen LogP contribution in [0.5, 0.6) is 0 Å². The Kier molecular flexibility index (Phi) is 5.19. The number of H-pyrrole nitrogens is 1. The second-order valence-electron chi connectivity index (χ2n) is 6.84. The number of carbonyl (C=O) groups is 1. The molecule has 0 saturated heterocycles. The van der Waals surface area contributed by atoms with Gasteiger partial charge in [0.2, 0.25) is 10.0 Å². The standard InChI is InChI=1S/C17H24N4O4S/c1-18-26(24,25)10-11-3-5-12(6-4-11)21(2)15-13-7-8-19-16(13)20-9-14(15)17(22)23/h7-9,11-12,18H,3-6,10H2,1-2H3,(H,19,20)(H,22,23)/t11-,12-. The van der Waals surface area contributed by atoms with E-state index in [1.54, 1.807) is 6.20 Å². The van der Waals surface area contributed by atoms with Gasteiger partial charge in [-0.25, -0.2) is 22.9 Å². The zero-order valence-electron chi connectivity index (χ0n) is 14.9. The summed E-state index contributed by atoms with van der Waals surface area (Å²) in [5.41, 5.74) is 1.50. The monoisotopic (exact) mass is 380 g/mol. The van der Waals surface area contributed by atoms with Crippen molar-refractivity contribution in [3.05, 3.63) is 24.0 Å². The molecule has 0 atom stereocenters. The molecule has 8 nitrogen and oxygen atoms in total. The summed E-state index contributed by atoms with van der Waals surface area (Å²) < 4.78 is 25.9. The summed E-state index contributed by atoms with van der Waals surface area (Å²) in [6, 6.07) is 2.01. The van der Waals surface area contributed by atoms with Crippen molar-refractivity contribution in [3.63, 3.8) is 0 Å². The number of hydrogen-bond donors (Lipinski definition) is 3. The lowest BCUT2D eigenvalue weighted by atomic mass is 9.86. The summed E-state index contributed by atoms with van der Waals surface area (Å²) in [5, 5.41) is 10.3. The van der Waals surface area contributed by atoms with E-state index in [2.05, 4.69) is 14.7 Å². The summed E-state index contributed by atoms with van der Waals surface area (Å²) in [5.74, 6) is -0.713. The number of carboxylic acids is 1. The zero-order valence-corrected chi connectivity index (χ0v) is 15.7. The first-order chi connectivity index (χ1) is 12.3. The van der Waals surface area contributed by atoms with Gasteiger partial charge in [0.25, 0.3) is 0 Å². The molecule has 0 amide bonds. The third-order valence-corrected chi connectivity index (χ3v) is 6.80. The molecule has 0 unspecified atom stereocenters. The van der Waals surface area contributed by atoms with Gasteiger partial charge >= 0.3 is 5.97 Å². The molecule has 26 heavy (non-hydrogen) atoms. The van der Waals surface area contributed by atoms with Gasteiger partial charge in [-0.15, -0.1) is 0 Å². The van der Waals surface area contributed by atoms with Crippen molar-refractivity contribution in [2.45, 2.75) is 31.7 Å². The molecule has 142 valence electrons. The molecule has 3 N–H and O–H groups in total. The van der Waals surface area contributed by atoms with Crippen molar-refractivity contribution in [2.24, 2.45) is 5.92 Å². The van der Waals surface area contributed by atoms with Crippen LogP contribution in [0.3, 0.4) is 0 Å². The third-order valence-electron chi connectivity index (χ3n) is 5.27. The van der Waals surface area contributed by atoms with Gasteiger partial charge < -0.3 is 15.0 Å². The van der Waals surface area contributed by atoms with Gasteiger partial charge in [0.15, 0.2) is 0 Å². The molecule has 0 aliphatic heterocycles. The molecule has 0 aromatic carbocycles. The third kappa shape index (κ3) is 3.68. The van der Waals surface area contributed by atoms with E-state index in [9.17, 15) is 18.3 Å². The Labute approximate surface area is 152 Å². The number of fused-ring (bicyclic) bond motifs is 1. The van der Waals surface area contributed by atoms with Gasteiger partial charge in [0, 0.05) is 30.9 Å². The molecular weight excluding hydrogens is 356 g/mol. The first-order valence-corrected chi connectivity index (χ1v) is 10.3. The van der Waals surface area contributed by atoms with E-state index < -0.39 is 16.0 Å². The van der Waals surface area contributed by atoms with Crippen molar-refractivity contribution >= 4 is 32.7 Å². The van der Waals surface area contributed by atoms with E-state index in [-0.39, 0.29) is 23.3 Å². The first-order valence-electron chi connectivity index (χ1n) is 8.66. The van der Waals surface area contributed by atoms with Crippen molar-refractivity contribution in [2.75, 3.05) is 24.7 Å². The Hall–Kier alpha value is -2.13. The van der Waals surface area contributed by atoms with Gasteiger partial charge in [0.1, 0.15) is 11.2 Å².